The van der Waals surface area contributed by atoms with Crippen molar-refractivity contribution in [2.75, 3.05) is 33.7 Å². The molecule has 1 atom stereocenters. The van der Waals surface area contributed by atoms with Crippen LogP contribution in [0.1, 0.15) is 36.8 Å². The summed E-state index contributed by atoms with van der Waals surface area (Å²) in [6.07, 6.45) is 1.73. The average Bonchev–Trinajstić information content (AvgIpc) is 3.05. The highest BCUT2D eigenvalue weighted by Crippen LogP contribution is 2.40. The first-order valence-electron chi connectivity index (χ1n) is 11.9. The van der Waals surface area contributed by atoms with Crippen molar-refractivity contribution in [2.24, 2.45) is 5.92 Å². The number of carbonyl (C=O) groups excluding carboxylic acids is 3. The lowest BCUT2D eigenvalue weighted by molar-refractivity contribution is -0.141. The second kappa shape index (κ2) is 10.1. The summed E-state index contributed by atoms with van der Waals surface area (Å²) in [5.41, 5.74) is 0.334. The van der Waals surface area contributed by atoms with Crippen LogP contribution in [0.15, 0.2) is 54.6 Å². The normalized spacial score (nSPS) is 21.8. The number of piperidine rings is 1. The summed E-state index contributed by atoms with van der Waals surface area (Å²) in [5, 5.41) is 0. The van der Waals surface area contributed by atoms with E-state index in [4.69, 9.17) is 0 Å². The predicted molar refractivity (Wildman–Crippen MR) is 127 cm³/mol. The number of benzene rings is 2. The third-order valence-corrected chi connectivity index (χ3v) is 7.29. The fraction of sp³-hybridized carbons (Fsp3) is 0.444. The van der Waals surface area contributed by atoms with E-state index >= 15 is 0 Å². The molecule has 0 radical (unpaired) electrons. The molecule has 3 amide bonds. The van der Waals surface area contributed by atoms with Gasteiger partial charge in [-0.25, -0.2) is 4.39 Å². The molecule has 2 fully saturated rings. The Kier molecular flexibility index (Phi) is 7.12. The lowest BCUT2D eigenvalue weighted by atomic mass is 9.75. The Bertz CT molecular complexity index is 1050. The van der Waals surface area contributed by atoms with Crippen LogP contribution in [-0.4, -0.2) is 66.2 Å². The van der Waals surface area contributed by atoms with Crippen molar-refractivity contribution >= 4 is 17.7 Å². The number of carbonyl (C=O) groups is 3. The number of hydrogen-bond acceptors (Lipinski definition) is 4. The summed E-state index contributed by atoms with van der Waals surface area (Å²) >= 11 is 0. The Hall–Kier alpha value is -3.06. The molecule has 0 aliphatic carbocycles. The van der Waals surface area contributed by atoms with Crippen LogP contribution < -0.4 is 0 Å². The summed E-state index contributed by atoms with van der Waals surface area (Å²) in [7, 11) is 3.17. The topological polar surface area (TPSA) is 60.9 Å². The van der Waals surface area contributed by atoms with Crippen LogP contribution in [0.4, 0.5) is 4.39 Å². The second-order valence-electron chi connectivity index (χ2n) is 9.68. The van der Waals surface area contributed by atoms with Gasteiger partial charge in [0, 0.05) is 40.0 Å². The van der Waals surface area contributed by atoms with Crippen LogP contribution >= 0.6 is 0 Å². The molecule has 0 unspecified atom stereocenters. The first-order valence-corrected chi connectivity index (χ1v) is 11.9. The molecule has 0 aromatic heterocycles. The fourth-order valence-electron chi connectivity index (χ4n) is 5.19. The van der Waals surface area contributed by atoms with Gasteiger partial charge in [0.25, 0.3) is 0 Å². The number of likely N-dealkylation sites (N-methyl/N-ethyl adjacent to an activating group) is 1. The number of imide groups is 1. The maximum atomic E-state index is 14.0. The van der Waals surface area contributed by atoms with Crippen molar-refractivity contribution in [1.29, 1.82) is 0 Å². The van der Waals surface area contributed by atoms with Crippen molar-refractivity contribution in [3.05, 3.63) is 71.5 Å². The molecule has 2 heterocycles. The molecule has 34 heavy (non-hydrogen) atoms. The van der Waals surface area contributed by atoms with Gasteiger partial charge in [0.2, 0.25) is 17.7 Å². The summed E-state index contributed by atoms with van der Waals surface area (Å²) in [5.74, 6) is -1.11. The van der Waals surface area contributed by atoms with Crippen LogP contribution in [0.2, 0.25) is 0 Å². The van der Waals surface area contributed by atoms with Crippen molar-refractivity contribution < 1.29 is 18.8 Å². The maximum Gasteiger partial charge on any atom is 0.240 e. The van der Waals surface area contributed by atoms with E-state index in [2.05, 4.69) is 29.2 Å². The summed E-state index contributed by atoms with van der Waals surface area (Å²) in [4.78, 5) is 43.9. The van der Waals surface area contributed by atoms with Crippen LogP contribution in [-0.2, 0) is 26.3 Å². The molecule has 2 aliphatic heterocycles. The molecule has 0 N–H and O–H groups in total. The number of halogens is 1. The van der Waals surface area contributed by atoms with Gasteiger partial charge < -0.3 is 4.90 Å². The molecule has 7 heteroatoms. The fourth-order valence-corrected chi connectivity index (χ4v) is 5.19. The molecule has 2 aromatic carbocycles. The zero-order chi connectivity index (χ0) is 24.3. The minimum absolute atomic E-state index is 0.122. The zero-order valence-corrected chi connectivity index (χ0v) is 19.9. The van der Waals surface area contributed by atoms with E-state index in [1.165, 1.54) is 30.8 Å². The Morgan fingerprint density at radius 1 is 1.09 bits per heavy atom. The van der Waals surface area contributed by atoms with Crippen LogP contribution in [0.25, 0.3) is 0 Å². The summed E-state index contributed by atoms with van der Waals surface area (Å²) in [6.45, 7) is 3.50. The Morgan fingerprint density at radius 2 is 1.79 bits per heavy atom. The monoisotopic (exact) mass is 465 g/mol. The first-order chi connectivity index (χ1) is 16.3. The van der Waals surface area contributed by atoms with Gasteiger partial charge in [0.15, 0.2) is 0 Å². The van der Waals surface area contributed by atoms with Crippen molar-refractivity contribution in [3.8, 4) is 0 Å². The molecule has 2 aromatic rings. The van der Waals surface area contributed by atoms with Crippen molar-refractivity contribution in [1.82, 2.24) is 14.7 Å². The highest BCUT2D eigenvalue weighted by molar-refractivity contribution is 6.10. The van der Waals surface area contributed by atoms with E-state index in [-0.39, 0.29) is 24.7 Å². The third kappa shape index (κ3) is 5.04. The smallest absolute Gasteiger partial charge is 0.240 e. The SMILES string of the molecule is CN(CC1CCN(Cc2ccccc2)CC1)C(=O)C[C@@]1(c2cccc(F)c2)CC(=O)N(C)C1=O. The van der Waals surface area contributed by atoms with Crippen molar-refractivity contribution in [3.63, 3.8) is 0 Å². The number of rotatable bonds is 7. The van der Waals surface area contributed by atoms with Crippen LogP contribution in [0.5, 0.6) is 0 Å². The van der Waals surface area contributed by atoms with Gasteiger partial charge in [0.1, 0.15) is 5.82 Å². The molecule has 4 rings (SSSR count). The second-order valence-corrected chi connectivity index (χ2v) is 9.68. The molecular formula is C27H32FN3O3. The number of amides is 3. The molecule has 2 aliphatic rings. The Balaban J connectivity index is 1.38. The predicted octanol–water partition coefficient (Wildman–Crippen LogP) is 3.21. The van der Waals surface area contributed by atoms with E-state index in [1.54, 1.807) is 18.0 Å². The number of likely N-dealkylation sites (tertiary alicyclic amines) is 2. The van der Waals surface area contributed by atoms with E-state index in [1.807, 2.05) is 6.07 Å². The van der Waals surface area contributed by atoms with Gasteiger partial charge in [-0.15, -0.1) is 0 Å². The quantitative estimate of drug-likeness (QED) is 0.589. The molecule has 0 bridgehead atoms. The summed E-state index contributed by atoms with van der Waals surface area (Å²) < 4.78 is 14.0. The molecule has 180 valence electrons. The highest BCUT2D eigenvalue weighted by atomic mass is 19.1. The maximum absolute atomic E-state index is 14.0. The van der Waals surface area contributed by atoms with E-state index in [0.717, 1.165) is 37.4 Å². The standard InChI is InChI=1S/C27H32FN3O3/c1-29(18-21-11-13-31(14-12-21)19-20-7-4-3-5-8-20)24(32)16-27(17-25(33)30(2)26(27)34)22-9-6-10-23(28)15-22/h3-10,15,21H,11-14,16-19H2,1-2H3/t27-/m0/s1. The molecule has 0 saturated carbocycles. The van der Waals surface area contributed by atoms with Gasteiger partial charge in [-0.05, 0) is 55.1 Å². The lowest BCUT2D eigenvalue weighted by Gasteiger charge is -2.35. The van der Waals surface area contributed by atoms with Crippen LogP contribution in [0.3, 0.4) is 0 Å². The van der Waals surface area contributed by atoms with Gasteiger partial charge >= 0.3 is 0 Å². The molecule has 2 saturated heterocycles. The molecular weight excluding hydrogens is 433 g/mol. The zero-order valence-electron chi connectivity index (χ0n) is 19.9. The minimum atomic E-state index is -1.35. The van der Waals surface area contributed by atoms with Gasteiger partial charge in [-0.3, -0.25) is 24.2 Å². The summed E-state index contributed by atoms with van der Waals surface area (Å²) in [6, 6.07) is 16.1. The van der Waals surface area contributed by atoms with E-state index in [0.29, 0.717) is 18.0 Å². The van der Waals surface area contributed by atoms with Gasteiger partial charge in [0.05, 0.1) is 5.41 Å². The third-order valence-electron chi connectivity index (χ3n) is 7.29. The molecule has 0 spiro atoms. The average molecular weight is 466 g/mol. The largest absolute Gasteiger partial charge is 0.345 e. The van der Waals surface area contributed by atoms with Crippen molar-refractivity contribution in [2.45, 2.75) is 37.6 Å². The van der Waals surface area contributed by atoms with E-state index in [9.17, 15) is 18.8 Å². The lowest BCUT2D eigenvalue weighted by Crippen LogP contribution is -2.44. The minimum Gasteiger partial charge on any atom is -0.345 e. The first kappa shape index (κ1) is 24.1. The molecule has 6 nitrogen and oxygen atoms in total. The van der Waals surface area contributed by atoms with Crippen LogP contribution in [0, 0.1) is 11.7 Å². The number of nitrogens with zero attached hydrogens (tertiary/aromatic N) is 3. The van der Waals surface area contributed by atoms with Gasteiger partial charge in [-0.1, -0.05) is 42.5 Å². The highest BCUT2D eigenvalue weighted by Gasteiger charge is 2.53. The Labute approximate surface area is 200 Å². The van der Waals surface area contributed by atoms with Gasteiger partial charge in [-0.2, -0.15) is 0 Å². The van der Waals surface area contributed by atoms with E-state index < -0.39 is 17.1 Å². The number of hydrogen-bond donors (Lipinski definition) is 0. The Morgan fingerprint density at radius 3 is 2.41 bits per heavy atom.